The molecule has 134 valence electrons. The Hall–Kier alpha value is -2.41. The van der Waals surface area contributed by atoms with Crippen LogP contribution in [-0.2, 0) is 6.54 Å². The zero-order valence-corrected chi connectivity index (χ0v) is 15.2. The monoisotopic (exact) mass is 368 g/mol. The SMILES string of the molecule is O=C(c1cn2cc(-c3cccs3)n(CC3CC3)c(=O)c2n1)N1CCCC1. The van der Waals surface area contributed by atoms with E-state index in [1.165, 1.54) is 12.8 Å². The largest absolute Gasteiger partial charge is 0.337 e. The summed E-state index contributed by atoms with van der Waals surface area (Å²) in [5.41, 5.74) is 1.50. The summed E-state index contributed by atoms with van der Waals surface area (Å²) in [4.78, 5) is 33.1. The molecule has 0 unspecified atom stereocenters. The molecule has 0 aromatic carbocycles. The van der Waals surface area contributed by atoms with Crippen molar-refractivity contribution in [3.63, 3.8) is 0 Å². The topological polar surface area (TPSA) is 59.6 Å². The van der Waals surface area contributed by atoms with Gasteiger partial charge in [0.2, 0.25) is 5.65 Å². The average molecular weight is 368 g/mol. The Morgan fingerprint density at radius 1 is 1.23 bits per heavy atom. The van der Waals surface area contributed by atoms with Crippen molar-refractivity contribution in [1.82, 2.24) is 18.9 Å². The molecule has 3 aromatic rings. The minimum Gasteiger partial charge on any atom is -0.337 e. The molecule has 6 nitrogen and oxygen atoms in total. The lowest BCUT2D eigenvalue weighted by molar-refractivity contribution is 0.0787. The van der Waals surface area contributed by atoms with Gasteiger partial charge in [-0.1, -0.05) is 6.07 Å². The number of nitrogens with zero attached hydrogens (tertiary/aromatic N) is 4. The van der Waals surface area contributed by atoms with E-state index in [4.69, 9.17) is 0 Å². The minimum absolute atomic E-state index is 0.0722. The first-order valence-corrected chi connectivity index (χ1v) is 10.0. The van der Waals surface area contributed by atoms with Gasteiger partial charge < -0.3 is 9.47 Å². The molecule has 7 heteroatoms. The summed E-state index contributed by atoms with van der Waals surface area (Å²) in [5, 5.41) is 2.02. The smallest absolute Gasteiger partial charge is 0.294 e. The van der Waals surface area contributed by atoms with Crippen LogP contribution in [0.15, 0.2) is 34.7 Å². The zero-order valence-electron chi connectivity index (χ0n) is 14.4. The summed E-state index contributed by atoms with van der Waals surface area (Å²) in [6.45, 7) is 2.28. The van der Waals surface area contributed by atoms with Crippen LogP contribution in [0.2, 0.25) is 0 Å². The van der Waals surface area contributed by atoms with Gasteiger partial charge in [0.25, 0.3) is 11.5 Å². The molecule has 0 N–H and O–H groups in total. The normalized spacial score (nSPS) is 17.3. The van der Waals surface area contributed by atoms with Crippen LogP contribution < -0.4 is 5.56 Å². The fourth-order valence-electron chi connectivity index (χ4n) is 3.63. The quantitative estimate of drug-likeness (QED) is 0.711. The second-order valence-corrected chi connectivity index (χ2v) is 8.15. The Balaban J connectivity index is 1.64. The number of likely N-dealkylation sites (tertiary alicyclic amines) is 1. The molecule has 1 saturated heterocycles. The molecule has 1 aliphatic heterocycles. The molecule has 2 aliphatic rings. The van der Waals surface area contributed by atoms with Gasteiger partial charge in [0.1, 0.15) is 5.69 Å². The van der Waals surface area contributed by atoms with Gasteiger partial charge >= 0.3 is 0 Å². The molecule has 3 aromatic heterocycles. The Morgan fingerprint density at radius 2 is 2.04 bits per heavy atom. The third kappa shape index (κ3) is 2.67. The second kappa shape index (κ2) is 6.09. The van der Waals surface area contributed by atoms with Crippen LogP contribution in [0.3, 0.4) is 0 Å². The van der Waals surface area contributed by atoms with Gasteiger partial charge in [0.15, 0.2) is 0 Å². The maximum absolute atomic E-state index is 13.1. The van der Waals surface area contributed by atoms with Crippen LogP contribution in [0, 0.1) is 5.92 Å². The molecule has 2 fully saturated rings. The maximum atomic E-state index is 13.1. The number of rotatable bonds is 4. The summed E-state index contributed by atoms with van der Waals surface area (Å²) in [6, 6.07) is 4.02. The highest BCUT2D eigenvalue weighted by Gasteiger charge is 2.26. The molecular formula is C19H20N4O2S. The molecule has 26 heavy (non-hydrogen) atoms. The molecule has 1 saturated carbocycles. The van der Waals surface area contributed by atoms with E-state index < -0.39 is 0 Å². The van der Waals surface area contributed by atoms with Crippen molar-refractivity contribution in [2.75, 3.05) is 13.1 Å². The van der Waals surface area contributed by atoms with Gasteiger partial charge in [-0.15, -0.1) is 11.3 Å². The van der Waals surface area contributed by atoms with E-state index >= 15 is 0 Å². The van der Waals surface area contributed by atoms with E-state index in [0.29, 0.717) is 17.3 Å². The number of imidazole rings is 1. The summed E-state index contributed by atoms with van der Waals surface area (Å²) >= 11 is 1.62. The van der Waals surface area contributed by atoms with Gasteiger partial charge in [-0.2, -0.15) is 0 Å². The predicted molar refractivity (Wildman–Crippen MR) is 101 cm³/mol. The Bertz CT molecular complexity index is 1020. The lowest BCUT2D eigenvalue weighted by Crippen LogP contribution is -2.28. The highest BCUT2D eigenvalue weighted by atomic mass is 32.1. The van der Waals surface area contributed by atoms with E-state index in [1.807, 2.05) is 33.2 Å². The summed E-state index contributed by atoms with van der Waals surface area (Å²) in [5.74, 6) is 0.506. The van der Waals surface area contributed by atoms with Crippen molar-refractivity contribution in [3.05, 3.63) is 46.0 Å². The minimum atomic E-state index is -0.108. The first-order valence-electron chi connectivity index (χ1n) is 9.16. The van der Waals surface area contributed by atoms with E-state index in [-0.39, 0.29) is 11.5 Å². The van der Waals surface area contributed by atoms with Gasteiger partial charge in [-0.3, -0.25) is 14.0 Å². The van der Waals surface area contributed by atoms with Crippen molar-refractivity contribution in [2.45, 2.75) is 32.2 Å². The Labute approximate surface area is 154 Å². The van der Waals surface area contributed by atoms with E-state index in [2.05, 4.69) is 4.98 Å². The lowest BCUT2D eigenvalue weighted by atomic mass is 10.3. The van der Waals surface area contributed by atoms with Crippen LogP contribution in [0.5, 0.6) is 0 Å². The molecule has 0 spiro atoms. The number of hydrogen-bond acceptors (Lipinski definition) is 4. The van der Waals surface area contributed by atoms with Crippen molar-refractivity contribution >= 4 is 22.9 Å². The third-order valence-electron chi connectivity index (χ3n) is 5.24. The number of thiophene rings is 1. The number of aromatic nitrogens is 3. The first kappa shape index (κ1) is 15.8. The van der Waals surface area contributed by atoms with E-state index in [9.17, 15) is 9.59 Å². The average Bonchev–Trinajstić information content (AvgIpc) is 3.11. The number of hydrogen-bond donors (Lipinski definition) is 0. The summed E-state index contributed by atoms with van der Waals surface area (Å²) in [6.07, 6.45) is 8.07. The molecule has 0 radical (unpaired) electrons. The van der Waals surface area contributed by atoms with Crippen LogP contribution in [-0.4, -0.2) is 37.8 Å². The lowest BCUT2D eigenvalue weighted by Gasteiger charge is -2.12. The molecule has 0 bridgehead atoms. The third-order valence-corrected chi connectivity index (χ3v) is 6.14. The number of carbonyl (C=O) groups excluding carboxylic acids is 1. The first-order chi connectivity index (χ1) is 12.7. The van der Waals surface area contributed by atoms with Crippen molar-refractivity contribution < 1.29 is 4.79 Å². The fraction of sp³-hybridized carbons (Fsp3) is 0.421. The predicted octanol–water partition coefficient (Wildman–Crippen LogP) is 2.87. The molecule has 1 aliphatic carbocycles. The summed E-state index contributed by atoms with van der Waals surface area (Å²) in [7, 11) is 0. The number of carbonyl (C=O) groups is 1. The van der Waals surface area contributed by atoms with Crippen molar-refractivity contribution in [2.24, 2.45) is 5.92 Å². The van der Waals surface area contributed by atoms with Gasteiger partial charge in [0.05, 0.1) is 10.6 Å². The van der Waals surface area contributed by atoms with Crippen LogP contribution >= 0.6 is 11.3 Å². The van der Waals surface area contributed by atoms with Crippen LogP contribution in [0.25, 0.3) is 16.2 Å². The molecule has 1 amide bonds. The van der Waals surface area contributed by atoms with Gasteiger partial charge in [0, 0.05) is 32.0 Å². The van der Waals surface area contributed by atoms with Gasteiger partial charge in [-0.05, 0) is 43.0 Å². The molecule has 0 atom stereocenters. The van der Waals surface area contributed by atoms with E-state index in [0.717, 1.165) is 43.0 Å². The van der Waals surface area contributed by atoms with E-state index in [1.54, 1.807) is 21.9 Å². The van der Waals surface area contributed by atoms with Crippen LogP contribution in [0.1, 0.15) is 36.2 Å². The highest BCUT2D eigenvalue weighted by Crippen LogP contribution is 2.32. The molecular weight excluding hydrogens is 348 g/mol. The Kier molecular flexibility index (Phi) is 3.70. The second-order valence-electron chi connectivity index (χ2n) is 7.21. The van der Waals surface area contributed by atoms with Gasteiger partial charge in [-0.25, -0.2) is 4.98 Å². The fourth-order valence-corrected chi connectivity index (χ4v) is 4.37. The standard InChI is InChI=1S/C19H20N4O2S/c24-18(21-7-1-2-8-21)14-11-22-12-15(16-4-3-9-26-16)23(10-13-5-6-13)19(25)17(22)20-14/h3-4,9,11-13H,1-2,5-8,10H2. The number of amides is 1. The van der Waals surface area contributed by atoms with Crippen molar-refractivity contribution in [3.8, 4) is 10.6 Å². The molecule has 5 rings (SSSR count). The van der Waals surface area contributed by atoms with Crippen LogP contribution in [0.4, 0.5) is 0 Å². The summed E-state index contributed by atoms with van der Waals surface area (Å²) < 4.78 is 3.57. The number of fused-ring (bicyclic) bond motifs is 1. The zero-order chi connectivity index (χ0) is 17.7. The molecule has 4 heterocycles. The highest BCUT2D eigenvalue weighted by molar-refractivity contribution is 7.13. The Morgan fingerprint density at radius 3 is 2.73 bits per heavy atom. The van der Waals surface area contributed by atoms with Crippen molar-refractivity contribution in [1.29, 1.82) is 0 Å². The maximum Gasteiger partial charge on any atom is 0.294 e.